The second-order valence-corrected chi connectivity index (χ2v) is 7.80. The Kier molecular flexibility index (Phi) is 3.76. The van der Waals surface area contributed by atoms with Crippen LogP contribution in [0, 0.1) is 18.3 Å². The number of nitrogens with two attached hydrogens (primary N) is 1. The van der Waals surface area contributed by atoms with Crippen LogP contribution in [-0.4, -0.2) is 26.1 Å². The van der Waals surface area contributed by atoms with Crippen LogP contribution >= 0.6 is 0 Å². The van der Waals surface area contributed by atoms with E-state index in [-0.39, 0.29) is 28.2 Å². The van der Waals surface area contributed by atoms with Crippen molar-refractivity contribution >= 4 is 22.1 Å². The molecule has 152 valence electrons. The maximum absolute atomic E-state index is 14.7. The lowest BCUT2D eigenvalue weighted by atomic mass is 9.81. The van der Waals surface area contributed by atoms with Crippen molar-refractivity contribution in [1.29, 1.82) is 5.26 Å². The molecule has 1 aliphatic carbocycles. The van der Waals surface area contributed by atoms with Crippen molar-refractivity contribution in [2.45, 2.75) is 37.4 Å². The Morgan fingerprint density at radius 1 is 1.27 bits per heavy atom. The number of imidazole rings is 1. The third-order valence-corrected chi connectivity index (χ3v) is 5.77. The van der Waals surface area contributed by atoms with E-state index in [9.17, 15) is 13.2 Å². The number of hydrogen-bond donors (Lipinski definition) is 3. The molecule has 3 heterocycles. The summed E-state index contributed by atoms with van der Waals surface area (Å²) >= 11 is 0. The number of alkyl halides is 3. The predicted octanol–water partition coefficient (Wildman–Crippen LogP) is 4.26. The van der Waals surface area contributed by atoms with Gasteiger partial charge in [0.1, 0.15) is 11.9 Å². The largest absolute Gasteiger partial charge is 0.417 e. The first-order valence-electron chi connectivity index (χ1n) is 9.47. The van der Waals surface area contributed by atoms with Gasteiger partial charge >= 0.3 is 6.18 Å². The minimum atomic E-state index is -4.83. The summed E-state index contributed by atoms with van der Waals surface area (Å²) in [5.74, 6) is -0.406. The van der Waals surface area contributed by atoms with Crippen LogP contribution in [0.1, 0.15) is 46.8 Å². The SMILES string of the molecule is Cc1cc(C2CC2)c(C(N)(c2nc3ncc(C#N)cc3[nH]2)C(F)(F)F)c2cc[nH]c12. The lowest BCUT2D eigenvalue weighted by molar-refractivity contribution is -0.178. The quantitative estimate of drug-likeness (QED) is 0.469. The molecule has 1 saturated carbocycles. The zero-order valence-corrected chi connectivity index (χ0v) is 15.9. The van der Waals surface area contributed by atoms with Crippen molar-refractivity contribution in [3.63, 3.8) is 0 Å². The Morgan fingerprint density at radius 3 is 2.70 bits per heavy atom. The highest BCUT2D eigenvalue weighted by molar-refractivity contribution is 5.89. The Hall–Kier alpha value is -3.38. The van der Waals surface area contributed by atoms with E-state index in [1.807, 2.05) is 13.0 Å². The molecule has 1 aliphatic rings. The van der Waals surface area contributed by atoms with Crippen LogP contribution in [0.2, 0.25) is 0 Å². The molecular formula is C21H17F3N6. The summed E-state index contributed by atoms with van der Waals surface area (Å²) in [5.41, 5.74) is 6.03. The summed E-state index contributed by atoms with van der Waals surface area (Å²) in [6, 6.07) is 6.77. The van der Waals surface area contributed by atoms with Gasteiger partial charge in [0.15, 0.2) is 11.2 Å². The lowest BCUT2D eigenvalue weighted by Crippen LogP contribution is -2.53. The summed E-state index contributed by atoms with van der Waals surface area (Å²) in [4.78, 5) is 13.8. The summed E-state index contributed by atoms with van der Waals surface area (Å²) in [6.45, 7) is 1.87. The van der Waals surface area contributed by atoms with Crippen LogP contribution in [0.15, 0.2) is 30.6 Å². The Bertz CT molecular complexity index is 1340. The first kappa shape index (κ1) is 18.6. The van der Waals surface area contributed by atoms with Crippen LogP contribution < -0.4 is 5.73 Å². The summed E-state index contributed by atoms with van der Waals surface area (Å²) in [5, 5.41) is 9.50. The molecule has 6 nitrogen and oxygen atoms in total. The zero-order valence-electron chi connectivity index (χ0n) is 15.9. The van der Waals surface area contributed by atoms with Crippen molar-refractivity contribution in [2.24, 2.45) is 5.73 Å². The zero-order chi connectivity index (χ0) is 21.3. The Balaban J connectivity index is 1.86. The van der Waals surface area contributed by atoms with Gasteiger partial charge in [0, 0.05) is 28.9 Å². The van der Waals surface area contributed by atoms with Gasteiger partial charge in [0.05, 0.1) is 11.1 Å². The van der Waals surface area contributed by atoms with Crippen LogP contribution in [0.5, 0.6) is 0 Å². The molecule has 30 heavy (non-hydrogen) atoms. The van der Waals surface area contributed by atoms with Crippen molar-refractivity contribution < 1.29 is 13.2 Å². The summed E-state index contributed by atoms with van der Waals surface area (Å²) in [6.07, 6.45) is -0.298. The molecule has 0 saturated heterocycles. The van der Waals surface area contributed by atoms with Crippen LogP contribution in [0.3, 0.4) is 0 Å². The highest BCUT2D eigenvalue weighted by Crippen LogP contribution is 2.51. The number of aromatic amines is 2. The molecule has 0 amide bonds. The third-order valence-electron chi connectivity index (χ3n) is 5.77. The first-order valence-corrected chi connectivity index (χ1v) is 9.47. The van der Waals surface area contributed by atoms with Crippen molar-refractivity contribution in [3.05, 3.63) is 58.7 Å². The highest BCUT2D eigenvalue weighted by atomic mass is 19.4. The van der Waals surface area contributed by atoms with Crippen molar-refractivity contribution in [3.8, 4) is 6.07 Å². The Labute approximate surface area is 168 Å². The number of rotatable bonds is 3. The number of nitriles is 1. The number of hydrogen-bond acceptors (Lipinski definition) is 4. The van der Waals surface area contributed by atoms with Gasteiger partial charge < -0.3 is 15.7 Å². The Morgan fingerprint density at radius 2 is 2.03 bits per heavy atom. The fourth-order valence-corrected chi connectivity index (χ4v) is 4.14. The topological polar surface area (TPSA) is 107 Å². The van der Waals surface area contributed by atoms with Gasteiger partial charge in [-0.15, -0.1) is 0 Å². The summed E-state index contributed by atoms with van der Waals surface area (Å²) < 4.78 is 44.0. The van der Waals surface area contributed by atoms with Gasteiger partial charge in [-0.2, -0.15) is 18.4 Å². The number of halogens is 3. The number of nitrogens with zero attached hydrogens (tertiary/aromatic N) is 3. The molecule has 0 radical (unpaired) electrons. The number of fused-ring (bicyclic) bond motifs is 2. The molecule has 1 unspecified atom stereocenters. The van der Waals surface area contributed by atoms with E-state index < -0.39 is 17.5 Å². The molecule has 0 aliphatic heterocycles. The van der Waals surface area contributed by atoms with Gasteiger partial charge in [-0.05, 0) is 48.9 Å². The first-order chi connectivity index (χ1) is 14.2. The van der Waals surface area contributed by atoms with Crippen LogP contribution in [0.4, 0.5) is 13.2 Å². The third kappa shape index (κ3) is 2.53. The second-order valence-electron chi connectivity index (χ2n) is 7.80. The van der Waals surface area contributed by atoms with E-state index in [0.29, 0.717) is 16.5 Å². The molecule has 3 aromatic heterocycles. The normalized spacial score (nSPS) is 16.7. The van der Waals surface area contributed by atoms with E-state index in [0.717, 1.165) is 18.4 Å². The van der Waals surface area contributed by atoms with Crippen LogP contribution in [0.25, 0.3) is 22.1 Å². The molecule has 1 aromatic carbocycles. The fourth-order valence-electron chi connectivity index (χ4n) is 4.14. The van der Waals surface area contributed by atoms with Gasteiger partial charge in [-0.1, -0.05) is 6.07 Å². The van der Waals surface area contributed by atoms with E-state index in [4.69, 9.17) is 11.0 Å². The second kappa shape index (κ2) is 6.06. The number of nitrogens with one attached hydrogen (secondary N) is 2. The number of pyridine rings is 1. The van der Waals surface area contributed by atoms with Gasteiger partial charge in [0.25, 0.3) is 0 Å². The predicted molar refractivity (Wildman–Crippen MR) is 105 cm³/mol. The minimum Gasteiger partial charge on any atom is -0.361 e. The molecule has 5 rings (SSSR count). The standard InChI is InChI=1S/C21H17F3N6/c1-10-6-14(12-2-3-12)16(13-4-5-27-17(10)13)20(26,21(22,23)24)19-29-15-7-11(8-25)9-28-18(15)30-19/h4-7,9,12,27H,2-3,26H2,1H3,(H,28,29,30). The highest BCUT2D eigenvalue weighted by Gasteiger charge is 2.59. The number of H-pyrrole nitrogens is 2. The van der Waals surface area contributed by atoms with E-state index >= 15 is 0 Å². The van der Waals surface area contributed by atoms with Crippen LogP contribution in [-0.2, 0) is 5.54 Å². The fraction of sp³-hybridized carbons (Fsp3) is 0.286. The average Bonchev–Trinajstić information content (AvgIpc) is 3.26. The van der Waals surface area contributed by atoms with E-state index in [2.05, 4.69) is 19.9 Å². The maximum atomic E-state index is 14.7. The molecule has 0 spiro atoms. The van der Waals surface area contributed by atoms with E-state index in [1.54, 1.807) is 18.3 Å². The maximum Gasteiger partial charge on any atom is 0.417 e. The van der Waals surface area contributed by atoms with Gasteiger partial charge in [-0.3, -0.25) is 0 Å². The monoisotopic (exact) mass is 410 g/mol. The number of aryl methyl sites for hydroxylation is 1. The number of benzene rings is 1. The average molecular weight is 410 g/mol. The molecule has 4 N–H and O–H groups in total. The number of aromatic nitrogens is 4. The lowest BCUT2D eigenvalue weighted by Gasteiger charge is -2.33. The molecular weight excluding hydrogens is 393 g/mol. The molecule has 1 atom stereocenters. The molecule has 9 heteroatoms. The van der Waals surface area contributed by atoms with Gasteiger partial charge in [-0.25, -0.2) is 9.97 Å². The van der Waals surface area contributed by atoms with Crippen molar-refractivity contribution in [2.75, 3.05) is 0 Å². The van der Waals surface area contributed by atoms with E-state index in [1.165, 1.54) is 12.3 Å². The van der Waals surface area contributed by atoms with Gasteiger partial charge in [0.2, 0.25) is 0 Å². The smallest absolute Gasteiger partial charge is 0.361 e. The molecule has 1 fully saturated rings. The molecule has 4 aromatic rings. The van der Waals surface area contributed by atoms with Crippen molar-refractivity contribution in [1.82, 2.24) is 19.9 Å². The molecule has 0 bridgehead atoms. The summed E-state index contributed by atoms with van der Waals surface area (Å²) in [7, 11) is 0. The minimum absolute atomic E-state index is 0.0129.